The zero-order valence-corrected chi connectivity index (χ0v) is 10.4. The van der Waals surface area contributed by atoms with Gasteiger partial charge in [-0.25, -0.2) is 0 Å². The molecule has 1 aromatic rings. The highest BCUT2D eigenvalue weighted by Gasteiger charge is 2.18. The Morgan fingerprint density at radius 2 is 2.50 bits per heavy atom. The maximum Gasteiger partial charge on any atom is 0.246 e. The normalized spacial score (nSPS) is 21.6. The molecule has 1 aliphatic rings. The summed E-state index contributed by atoms with van der Waals surface area (Å²) in [6, 6.07) is 4.02. The molecule has 1 atom stereocenters. The van der Waals surface area contributed by atoms with Crippen LogP contribution in [-0.2, 0) is 4.79 Å². The minimum absolute atomic E-state index is 0.153. The van der Waals surface area contributed by atoms with Crippen molar-refractivity contribution in [3.05, 3.63) is 28.5 Å². The number of carbonyl (C=O) groups excluding carboxylic acids is 1. The van der Waals surface area contributed by atoms with E-state index in [0.717, 1.165) is 24.4 Å². The van der Waals surface area contributed by atoms with Crippen LogP contribution in [0.5, 0.6) is 0 Å². The van der Waals surface area contributed by atoms with Gasteiger partial charge in [-0.05, 0) is 36.3 Å². The largest absolute Gasteiger partial charge is 0.339 e. The number of thiophene rings is 1. The fourth-order valence-electron chi connectivity index (χ4n) is 2.03. The molecule has 0 unspecified atom stereocenters. The van der Waals surface area contributed by atoms with Gasteiger partial charge in [-0.2, -0.15) is 0 Å². The molecule has 0 aliphatic carbocycles. The first-order valence-corrected chi connectivity index (χ1v) is 6.64. The van der Waals surface area contributed by atoms with E-state index in [9.17, 15) is 4.79 Å². The molecule has 3 heteroatoms. The Kier molecular flexibility index (Phi) is 3.78. The van der Waals surface area contributed by atoms with Crippen LogP contribution in [-0.4, -0.2) is 23.9 Å². The van der Waals surface area contributed by atoms with Crippen molar-refractivity contribution in [3.8, 4) is 0 Å². The second kappa shape index (κ2) is 5.30. The summed E-state index contributed by atoms with van der Waals surface area (Å²) in [6.45, 7) is 4.04. The average Bonchev–Trinajstić information content (AvgIpc) is 2.78. The molecule has 0 bridgehead atoms. The molecule has 2 rings (SSSR count). The maximum atomic E-state index is 11.9. The van der Waals surface area contributed by atoms with Crippen LogP contribution in [0.2, 0.25) is 0 Å². The van der Waals surface area contributed by atoms with E-state index >= 15 is 0 Å². The van der Waals surface area contributed by atoms with E-state index < -0.39 is 0 Å². The number of hydrogen-bond donors (Lipinski definition) is 0. The molecule has 1 amide bonds. The summed E-state index contributed by atoms with van der Waals surface area (Å²) >= 11 is 1.65. The predicted molar refractivity (Wildman–Crippen MR) is 68.3 cm³/mol. The third-order valence-corrected chi connectivity index (χ3v) is 3.74. The van der Waals surface area contributed by atoms with Crippen LogP contribution in [0.3, 0.4) is 0 Å². The third kappa shape index (κ3) is 2.95. The van der Waals surface area contributed by atoms with Crippen molar-refractivity contribution in [2.24, 2.45) is 5.92 Å². The second-order valence-corrected chi connectivity index (χ2v) is 5.36. The van der Waals surface area contributed by atoms with E-state index in [1.165, 1.54) is 6.42 Å². The summed E-state index contributed by atoms with van der Waals surface area (Å²) in [6.07, 6.45) is 5.99. The first-order valence-electron chi connectivity index (χ1n) is 5.76. The quantitative estimate of drug-likeness (QED) is 0.722. The van der Waals surface area contributed by atoms with Gasteiger partial charge in [0.2, 0.25) is 5.91 Å². The molecule has 1 aliphatic heterocycles. The van der Waals surface area contributed by atoms with Crippen molar-refractivity contribution in [2.45, 2.75) is 19.8 Å². The molecule has 0 N–H and O–H groups in total. The number of hydrogen-bond acceptors (Lipinski definition) is 2. The van der Waals surface area contributed by atoms with Crippen LogP contribution >= 0.6 is 11.3 Å². The Balaban J connectivity index is 1.92. The minimum Gasteiger partial charge on any atom is -0.339 e. The highest BCUT2D eigenvalue weighted by Crippen LogP contribution is 2.16. The van der Waals surface area contributed by atoms with Crippen molar-refractivity contribution in [1.82, 2.24) is 4.90 Å². The molecule has 0 radical (unpaired) electrons. The lowest BCUT2D eigenvalue weighted by atomic mass is 10.0. The van der Waals surface area contributed by atoms with Crippen LogP contribution in [0.25, 0.3) is 6.08 Å². The lowest BCUT2D eigenvalue weighted by Gasteiger charge is -2.30. The third-order valence-electron chi connectivity index (χ3n) is 2.90. The first kappa shape index (κ1) is 11.4. The van der Waals surface area contributed by atoms with Gasteiger partial charge in [0, 0.05) is 24.0 Å². The van der Waals surface area contributed by atoms with Gasteiger partial charge in [-0.15, -0.1) is 11.3 Å². The molecule has 2 heterocycles. The highest BCUT2D eigenvalue weighted by molar-refractivity contribution is 7.10. The molecule has 16 heavy (non-hydrogen) atoms. The zero-order chi connectivity index (χ0) is 11.4. The summed E-state index contributed by atoms with van der Waals surface area (Å²) < 4.78 is 0. The molecule has 1 saturated heterocycles. The van der Waals surface area contributed by atoms with Crippen LogP contribution < -0.4 is 0 Å². The van der Waals surface area contributed by atoms with Crippen LogP contribution in [0.4, 0.5) is 0 Å². The number of rotatable bonds is 2. The number of likely N-dealkylation sites (tertiary alicyclic amines) is 1. The standard InChI is InChI=1S/C13H17NOS/c1-11-4-2-8-14(10-11)13(15)7-6-12-5-3-9-16-12/h3,5-7,9,11H,2,4,8,10H2,1H3/b7-6+/t11-/m0/s1. The van der Waals surface area contributed by atoms with Gasteiger partial charge in [0.25, 0.3) is 0 Å². The SMILES string of the molecule is C[C@H]1CCCN(C(=O)/C=C/c2cccs2)C1. The van der Waals surface area contributed by atoms with Gasteiger partial charge < -0.3 is 4.90 Å². The summed E-state index contributed by atoms with van der Waals surface area (Å²) in [7, 11) is 0. The maximum absolute atomic E-state index is 11.9. The Labute approximate surface area is 101 Å². The van der Waals surface area contributed by atoms with Gasteiger partial charge in [-0.3, -0.25) is 4.79 Å². The first-order chi connectivity index (χ1) is 7.75. The van der Waals surface area contributed by atoms with E-state index in [-0.39, 0.29) is 5.91 Å². The molecule has 86 valence electrons. The van der Waals surface area contributed by atoms with E-state index in [1.807, 2.05) is 28.5 Å². The summed E-state index contributed by atoms with van der Waals surface area (Å²) in [5.41, 5.74) is 0. The van der Waals surface area contributed by atoms with E-state index in [4.69, 9.17) is 0 Å². The van der Waals surface area contributed by atoms with Crippen LogP contribution in [0.15, 0.2) is 23.6 Å². The number of piperidine rings is 1. The van der Waals surface area contributed by atoms with Gasteiger partial charge >= 0.3 is 0 Å². The minimum atomic E-state index is 0.153. The topological polar surface area (TPSA) is 20.3 Å². The van der Waals surface area contributed by atoms with E-state index in [1.54, 1.807) is 17.4 Å². The number of amides is 1. The second-order valence-electron chi connectivity index (χ2n) is 4.38. The highest BCUT2D eigenvalue weighted by atomic mass is 32.1. The van der Waals surface area contributed by atoms with Crippen molar-refractivity contribution in [1.29, 1.82) is 0 Å². The van der Waals surface area contributed by atoms with Crippen LogP contribution in [0.1, 0.15) is 24.6 Å². The Hall–Kier alpha value is -1.09. The van der Waals surface area contributed by atoms with Gasteiger partial charge in [0.05, 0.1) is 0 Å². The van der Waals surface area contributed by atoms with Crippen molar-refractivity contribution in [3.63, 3.8) is 0 Å². The molecular formula is C13H17NOS. The molecular weight excluding hydrogens is 218 g/mol. The van der Waals surface area contributed by atoms with E-state index in [0.29, 0.717) is 5.92 Å². The summed E-state index contributed by atoms with van der Waals surface area (Å²) in [4.78, 5) is 15.0. The van der Waals surface area contributed by atoms with Gasteiger partial charge in [0.1, 0.15) is 0 Å². The Morgan fingerprint density at radius 1 is 1.62 bits per heavy atom. The molecule has 2 nitrogen and oxygen atoms in total. The van der Waals surface area contributed by atoms with Gasteiger partial charge in [0.15, 0.2) is 0 Å². The molecule has 0 saturated carbocycles. The summed E-state index contributed by atoms with van der Waals surface area (Å²) in [5, 5.41) is 2.02. The monoisotopic (exact) mass is 235 g/mol. The fraction of sp³-hybridized carbons (Fsp3) is 0.462. The average molecular weight is 235 g/mol. The molecule has 1 fully saturated rings. The van der Waals surface area contributed by atoms with Gasteiger partial charge in [-0.1, -0.05) is 13.0 Å². The Bertz CT molecular complexity index is 369. The zero-order valence-electron chi connectivity index (χ0n) is 9.56. The molecule has 0 aromatic carbocycles. The van der Waals surface area contributed by atoms with E-state index in [2.05, 4.69) is 6.92 Å². The van der Waals surface area contributed by atoms with Crippen molar-refractivity contribution < 1.29 is 4.79 Å². The predicted octanol–water partition coefficient (Wildman–Crippen LogP) is 3.02. The lowest BCUT2D eigenvalue weighted by molar-refractivity contribution is -0.127. The Morgan fingerprint density at radius 3 is 3.19 bits per heavy atom. The van der Waals surface area contributed by atoms with Crippen molar-refractivity contribution in [2.75, 3.05) is 13.1 Å². The fourth-order valence-corrected chi connectivity index (χ4v) is 2.65. The number of nitrogens with zero attached hydrogens (tertiary/aromatic N) is 1. The van der Waals surface area contributed by atoms with Crippen molar-refractivity contribution >= 4 is 23.3 Å². The van der Waals surface area contributed by atoms with Crippen LogP contribution in [0, 0.1) is 5.92 Å². The summed E-state index contributed by atoms with van der Waals surface area (Å²) in [5.74, 6) is 0.799. The lowest BCUT2D eigenvalue weighted by Crippen LogP contribution is -2.38. The molecule has 1 aromatic heterocycles. The smallest absolute Gasteiger partial charge is 0.246 e. The molecule has 0 spiro atoms. The number of carbonyl (C=O) groups is 1.